The molecule has 1 amide bonds. The fourth-order valence-corrected chi connectivity index (χ4v) is 4.40. The van der Waals surface area contributed by atoms with Crippen LogP contribution in [0.3, 0.4) is 0 Å². The van der Waals surface area contributed by atoms with Crippen LogP contribution in [0.15, 0.2) is 30.3 Å². The second-order valence-corrected chi connectivity index (χ2v) is 8.13. The molecule has 2 atom stereocenters. The molecule has 6 heteroatoms. The summed E-state index contributed by atoms with van der Waals surface area (Å²) in [6.07, 6.45) is 3.54. The monoisotopic (exact) mass is 322 g/mol. The summed E-state index contributed by atoms with van der Waals surface area (Å²) in [4.78, 5) is 12.0. The van der Waals surface area contributed by atoms with Gasteiger partial charge in [0.2, 0.25) is 15.9 Å². The Morgan fingerprint density at radius 2 is 1.82 bits per heavy atom. The Morgan fingerprint density at radius 1 is 1.14 bits per heavy atom. The lowest BCUT2D eigenvalue weighted by Crippen LogP contribution is -2.35. The largest absolute Gasteiger partial charge is 0.355 e. The van der Waals surface area contributed by atoms with Crippen LogP contribution in [0.2, 0.25) is 0 Å². The highest BCUT2D eigenvalue weighted by atomic mass is 32.2. The predicted molar refractivity (Wildman–Crippen MR) is 84.4 cm³/mol. The summed E-state index contributed by atoms with van der Waals surface area (Å²) in [6, 6.07) is 9.37. The molecule has 22 heavy (non-hydrogen) atoms. The molecule has 2 N–H and O–H groups in total. The van der Waals surface area contributed by atoms with E-state index in [1.54, 1.807) is 0 Å². The highest BCUT2D eigenvalue weighted by molar-refractivity contribution is 7.89. The number of sulfonamides is 1. The third-order valence-corrected chi connectivity index (χ3v) is 6.04. The Kier molecular flexibility index (Phi) is 4.49. The van der Waals surface area contributed by atoms with Crippen LogP contribution in [-0.2, 0) is 21.4 Å². The molecule has 0 spiro atoms. The third kappa shape index (κ3) is 3.67. The van der Waals surface area contributed by atoms with Gasteiger partial charge in [-0.05, 0) is 30.2 Å². The summed E-state index contributed by atoms with van der Waals surface area (Å²) in [7, 11) is -3.36. The summed E-state index contributed by atoms with van der Waals surface area (Å²) in [5.41, 5.74) is 0.918. The number of carbonyl (C=O) groups is 1. The molecule has 0 radical (unpaired) electrons. The van der Waals surface area contributed by atoms with E-state index in [0.717, 1.165) is 18.4 Å². The van der Waals surface area contributed by atoms with Crippen LogP contribution in [0.1, 0.15) is 24.8 Å². The second-order valence-electron chi connectivity index (χ2n) is 6.20. The number of hydrogen-bond donors (Lipinski definition) is 2. The van der Waals surface area contributed by atoms with E-state index in [9.17, 15) is 13.2 Å². The Morgan fingerprint density at radius 3 is 2.50 bits per heavy atom. The summed E-state index contributed by atoms with van der Waals surface area (Å²) < 4.78 is 26.4. The number of fused-ring (bicyclic) bond motifs is 1. The smallest absolute Gasteiger partial charge is 0.223 e. The van der Waals surface area contributed by atoms with Gasteiger partial charge >= 0.3 is 0 Å². The van der Waals surface area contributed by atoms with E-state index in [-0.39, 0.29) is 30.7 Å². The molecule has 120 valence electrons. The number of carbonyl (C=O) groups excluding carboxylic acids is 1. The molecule has 2 saturated carbocycles. The first-order valence-corrected chi connectivity index (χ1v) is 9.51. The zero-order chi connectivity index (χ0) is 15.6. The second kappa shape index (κ2) is 6.38. The lowest BCUT2D eigenvalue weighted by Gasteiger charge is -2.09. The molecule has 0 heterocycles. The fraction of sp³-hybridized carbons (Fsp3) is 0.562. The quantitative estimate of drug-likeness (QED) is 0.794. The molecule has 2 aliphatic rings. The van der Waals surface area contributed by atoms with E-state index >= 15 is 0 Å². The lowest BCUT2D eigenvalue weighted by molar-refractivity contribution is -0.122. The summed E-state index contributed by atoms with van der Waals surface area (Å²) in [5, 5.41) is 2.77. The zero-order valence-electron chi connectivity index (χ0n) is 12.5. The van der Waals surface area contributed by atoms with E-state index in [4.69, 9.17) is 0 Å². The molecule has 2 fully saturated rings. The van der Waals surface area contributed by atoms with Crippen molar-refractivity contribution in [3.8, 4) is 0 Å². The van der Waals surface area contributed by atoms with Crippen LogP contribution >= 0.6 is 0 Å². The van der Waals surface area contributed by atoms with Gasteiger partial charge < -0.3 is 5.32 Å². The number of amides is 1. The Hall–Kier alpha value is -1.40. The molecular formula is C16H22N2O3S. The van der Waals surface area contributed by atoms with Gasteiger partial charge in [0.1, 0.15) is 0 Å². The molecule has 0 bridgehead atoms. The highest BCUT2D eigenvalue weighted by Gasteiger charge is 2.56. The maximum atomic E-state index is 12.0. The number of nitrogens with one attached hydrogen (secondary N) is 2. The van der Waals surface area contributed by atoms with Crippen molar-refractivity contribution >= 4 is 15.9 Å². The van der Waals surface area contributed by atoms with Gasteiger partial charge in [0.25, 0.3) is 0 Å². The minimum Gasteiger partial charge on any atom is -0.355 e. The molecule has 1 aromatic carbocycles. The summed E-state index contributed by atoms with van der Waals surface area (Å²) in [5.74, 6) is 1.23. The molecule has 0 aromatic heterocycles. The van der Waals surface area contributed by atoms with Crippen LogP contribution in [-0.4, -0.2) is 26.6 Å². The van der Waals surface area contributed by atoms with Gasteiger partial charge in [0.05, 0.1) is 5.75 Å². The molecule has 5 nitrogen and oxygen atoms in total. The average molecular weight is 322 g/mol. The minimum atomic E-state index is -3.36. The SMILES string of the molecule is O=C(NCCS(=O)(=O)NCc1ccccc1)C1C2CCCC21. The van der Waals surface area contributed by atoms with Crippen molar-refractivity contribution in [2.75, 3.05) is 12.3 Å². The maximum absolute atomic E-state index is 12.0. The first kappa shape index (κ1) is 15.5. The van der Waals surface area contributed by atoms with Crippen molar-refractivity contribution in [2.24, 2.45) is 17.8 Å². The molecule has 3 rings (SSSR count). The van der Waals surface area contributed by atoms with Crippen LogP contribution in [0, 0.1) is 17.8 Å². The number of hydrogen-bond acceptors (Lipinski definition) is 3. The summed E-state index contributed by atoms with van der Waals surface area (Å²) >= 11 is 0. The van der Waals surface area contributed by atoms with E-state index in [1.807, 2.05) is 30.3 Å². The molecular weight excluding hydrogens is 300 g/mol. The van der Waals surface area contributed by atoms with Gasteiger partial charge in [0.15, 0.2) is 0 Å². The van der Waals surface area contributed by atoms with Crippen molar-refractivity contribution < 1.29 is 13.2 Å². The topological polar surface area (TPSA) is 75.3 Å². The van der Waals surface area contributed by atoms with Crippen molar-refractivity contribution in [1.29, 1.82) is 0 Å². The molecule has 0 saturated heterocycles. The van der Waals surface area contributed by atoms with Crippen LogP contribution in [0.4, 0.5) is 0 Å². The first-order valence-electron chi connectivity index (χ1n) is 7.86. The fourth-order valence-electron chi connectivity index (χ4n) is 3.50. The standard InChI is InChI=1S/C16H22N2O3S/c19-16(15-13-7-4-8-14(13)15)17-9-10-22(20,21)18-11-12-5-2-1-3-6-12/h1-3,5-6,13-15,18H,4,7-11H2,(H,17,19). The maximum Gasteiger partial charge on any atom is 0.223 e. The molecule has 0 aliphatic heterocycles. The molecule has 1 aromatic rings. The third-order valence-electron chi connectivity index (χ3n) is 4.72. The molecule has 2 unspecified atom stereocenters. The van der Waals surface area contributed by atoms with E-state index in [2.05, 4.69) is 10.0 Å². The predicted octanol–water partition coefficient (Wildman–Crippen LogP) is 1.27. The average Bonchev–Trinajstić information content (AvgIpc) is 2.99. The van der Waals surface area contributed by atoms with Crippen molar-refractivity contribution in [1.82, 2.24) is 10.0 Å². The van der Waals surface area contributed by atoms with Gasteiger partial charge in [-0.15, -0.1) is 0 Å². The van der Waals surface area contributed by atoms with Crippen LogP contribution < -0.4 is 10.0 Å². The number of benzene rings is 1. The number of rotatable bonds is 7. The minimum absolute atomic E-state index is 0.0351. The molecule has 2 aliphatic carbocycles. The van der Waals surface area contributed by atoms with Crippen molar-refractivity contribution in [2.45, 2.75) is 25.8 Å². The van der Waals surface area contributed by atoms with Crippen LogP contribution in [0.25, 0.3) is 0 Å². The van der Waals surface area contributed by atoms with Crippen molar-refractivity contribution in [3.63, 3.8) is 0 Å². The van der Waals surface area contributed by atoms with Gasteiger partial charge in [-0.25, -0.2) is 13.1 Å². The highest BCUT2D eigenvalue weighted by Crippen LogP contribution is 2.57. The first-order chi connectivity index (χ1) is 10.6. The van der Waals surface area contributed by atoms with Crippen molar-refractivity contribution in [3.05, 3.63) is 35.9 Å². The Bertz CT molecular complexity index is 620. The summed E-state index contributed by atoms with van der Waals surface area (Å²) in [6.45, 7) is 0.461. The lowest BCUT2D eigenvalue weighted by atomic mass is 10.1. The van der Waals surface area contributed by atoms with E-state index < -0.39 is 10.0 Å². The van der Waals surface area contributed by atoms with Gasteiger partial charge in [-0.1, -0.05) is 36.8 Å². The normalized spacial score (nSPS) is 26.5. The van der Waals surface area contributed by atoms with Gasteiger partial charge in [0, 0.05) is 19.0 Å². The van der Waals surface area contributed by atoms with Gasteiger partial charge in [-0.2, -0.15) is 0 Å². The van der Waals surface area contributed by atoms with Crippen LogP contribution in [0.5, 0.6) is 0 Å². The Balaban J connectivity index is 1.38. The van der Waals surface area contributed by atoms with Gasteiger partial charge in [-0.3, -0.25) is 4.79 Å². The van der Waals surface area contributed by atoms with E-state index in [1.165, 1.54) is 6.42 Å². The zero-order valence-corrected chi connectivity index (χ0v) is 13.3. The van der Waals surface area contributed by atoms with E-state index in [0.29, 0.717) is 11.8 Å². The Labute approximate surface area is 131 Å².